The molecular weight excluding hydrogens is 240 g/mol. The molecule has 0 aromatic heterocycles. The van der Waals surface area contributed by atoms with Crippen molar-refractivity contribution in [2.45, 2.75) is 39.7 Å². The highest BCUT2D eigenvalue weighted by molar-refractivity contribution is 5.46. The quantitative estimate of drug-likeness (QED) is 0.431. The van der Waals surface area contributed by atoms with E-state index in [1.165, 1.54) is 11.1 Å². The number of hydrogen-bond donors (Lipinski definition) is 2. The average molecular weight is 266 g/mol. The van der Waals surface area contributed by atoms with Crippen LogP contribution in [0.1, 0.15) is 42.5 Å². The molecule has 4 heteroatoms. The molecule has 0 spiro atoms. The fourth-order valence-electron chi connectivity index (χ4n) is 2.22. The van der Waals surface area contributed by atoms with E-state index in [-0.39, 0.29) is 6.04 Å². The Balaban J connectivity index is 2.83. The van der Waals surface area contributed by atoms with Crippen LogP contribution < -0.4 is 16.0 Å². The van der Waals surface area contributed by atoms with E-state index in [1.54, 1.807) is 7.11 Å². The maximum Gasteiger partial charge on any atom is 0.126 e. The molecule has 108 valence electrons. The predicted octanol–water partition coefficient (Wildman–Crippen LogP) is 2.63. The van der Waals surface area contributed by atoms with Crippen LogP contribution in [0.3, 0.4) is 0 Å². The van der Waals surface area contributed by atoms with Crippen molar-refractivity contribution in [1.82, 2.24) is 5.43 Å². The van der Waals surface area contributed by atoms with Gasteiger partial charge in [-0.1, -0.05) is 12.1 Å². The first-order valence-corrected chi connectivity index (χ1v) is 6.83. The van der Waals surface area contributed by atoms with Crippen molar-refractivity contribution in [3.63, 3.8) is 0 Å². The Morgan fingerprint density at radius 3 is 2.63 bits per heavy atom. The molecule has 1 rings (SSSR count). The first kappa shape index (κ1) is 16.0. The minimum absolute atomic E-state index is 0.0923. The molecule has 0 fully saturated rings. The summed E-state index contributed by atoms with van der Waals surface area (Å²) in [6, 6.07) is 4.29. The molecule has 0 aliphatic rings. The molecule has 1 unspecified atom stereocenters. The molecule has 3 N–H and O–H groups in total. The number of benzene rings is 1. The molecule has 1 aromatic rings. The number of ether oxygens (including phenoxy) is 2. The van der Waals surface area contributed by atoms with Gasteiger partial charge in [-0.05, 0) is 44.7 Å². The van der Waals surface area contributed by atoms with E-state index in [9.17, 15) is 0 Å². The molecule has 0 heterocycles. The summed E-state index contributed by atoms with van der Waals surface area (Å²) in [5, 5.41) is 0. The number of methoxy groups -OCH3 is 1. The second kappa shape index (κ2) is 8.15. The van der Waals surface area contributed by atoms with Crippen LogP contribution in [0.4, 0.5) is 0 Å². The van der Waals surface area contributed by atoms with Gasteiger partial charge < -0.3 is 9.47 Å². The van der Waals surface area contributed by atoms with Crippen molar-refractivity contribution < 1.29 is 9.47 Å². The molecular formula is C15H26N2O2. The summed E-state index contributed by atoms with van der Waals surface area (Å²) < 4.78 is 10.9. The molecule has 0 radical (unpaired) electrons. The van der Waals surface area contributed by atoms with Crippen LogP contribution in [0.15, 0.2) is 12.1 Å². The summed E-state index contributed by atoms with van der Waals surface area (Å²) >= 11 is 0. The second-order valence-corrected chi connectivity index (χ2v) is 4.69. The first-order chi connectivity index (χ1) is 9.15. The van der Waals surface area contributed by atoms with Crippen molar-refractivity contribution in [2.24, 2.45) is 5.84 Å². The van der Waals surface area contributed by atoms with Crippen molar-refractivity contribution in [3.8, 4) is 5.75 Å². The van der Waals surface area contributed by atoms with Crippen LogP contribution in [0, 0.1) is 13.8 Å². The Morgan fingerprint density at radius 2 is 2.05 bits per heavy atom. The van der Waals surface area contributed by atoms with Gasteiger partial charge in [-0.2, -0.15) is 0 Å². The zero-order chi connectivity index (χ0) is 14.3. The zero-order valence-electron chi connectivity index (χ0n) is 12.5. The molecule has 19 heavy (non-hydrogen) atoms. The van der Waals surface area contributed by atoms with E-state index in [0.29, 0.717) is 0 Å². The fraction of sp³-hybridized carbons (Fsp3) is 0.600. The number of aryl methyl sites for hydroxylation is 1. The van der Waals surface area contributed by atoms with Gasteiger partial charge in [0.1, 0.15) is 5.75 Å². The summed E-state index contributed by atoms with van der Waals surface area (Å²) in [5.74, 6) is 6.61. The van der Waals surface area contributed by atoms with Gasteiger partial charge in [-0.25, -0.2) is 0 Å². The third-order valence-corrected chi connectivity index (χ3v) is 3.47. The standard InChI is InChI=1S/C15H26N2O2/c1-5-19-10-6-7-14(17-16)13-9-8-11(2)12(3)15(13)18-4/h8-9,14,17H,5-7,10,16H2,1-4H3. The van der Waals surface area contributed by atoms with Crippen LogP contribution in [0.25, 0.3) is 0 Å². The number of hydrazine groups is 1. The lowest BCUT2D eigenvalue weighted by Gasteiger charge is -2.21. The van der Waals surface area contributed by atoms with Crippen LogP contribution in [-0.4, -0.2) is 20.3 Å². The van der Waals surface area contributed by atoms with Gasteiger partial charge in [-0.3, -0.25) is 11.3 Å². The molecule has 4 nitrogen and oxygen atoms in total. The van der Waals surface area contributed by atoms with E-state index in [4.69, 9.17) is 15.3 Å². The first-order valence-electron chi connectivity index (χ1n) is 6.83. The lowest BCUT2D eigenvalue weighted by Crippen LogP contribution is -2.28. The average Bonchev–Trinajstić information content (AvgIpc) is 2.42. The van der Waals surface area contributed by atoms with Crippen LogP contribution >= 0.6 is 0 Å². The summed E-state index contributed by atoms with van der Waals surface area (Å²) in [5.41, 5.74) is 6.40. The highest BCUT2D eigenvalue weighted by atomic mass is 16.5. The van der Waals surface area contributed by atoms with Gasteiger partial charge >= 0.3 is 0 Å². The lowest BCUT2D eigenvalue weighted by atomic mass is 9.96. The SMILES string of the molecule is CCOCCCC(NN)c1ccc(C)c(C)c1OC. The highest BCUT2D eigenvalue weighted by Crippen LogP contribution is 2.32. The zero-order valence-corrected chi connectivity index (χ0v) is 12.5. The number of hydrogen-bond acceptors (Lipinski definition) is 4. The molecule has 0 saturated carbocycles. The molecule has 0 amide bonds. The molecule has 0 aliphatic heterocycles. The minimum Gasteiger partial charge on any atom is -0.496 e. The monoisotopic (exact) mass is 266 g/mol. The fourth-order valence-corrected chi connectivity index (χ4v) is 2.22. The number of nitrogens with two attached hydrogens (primary N) is 1. The van der Waals surface area contributed by atoms with E-state index < -0.39 is 0 Å². The predicted molar refractivity (Wildman–Crippen MR) is 78.3 cm³/mol. The Bertz CT molecular complexity index is 394. The topological polar surface area (TPSA) is 56.5 Å². The van der Waals surface area contributed by atoms with Crippen LogP contribution in [-0.2, 0) is 4.74 Å². The normalized spacial score (nSPS) is 12.5. The van der Waals surface area contributed by atoms with Crippen molar-refractivity contribution >= 4 is 0 Å². The van der Waals surface area contributed by atoms with E-state index in [2.05, 4.69) is 31.4 Å². The summed E-state index contributed by atoms with van der Waals surface area (Å²) in [7, 11) is 1.71. The third kappa shape index (κ3) is 4.20. The maximum absolute atomic E-state index is 5.68. The smallest absolute Gasteiger partial charge is 0.126 e. The minimum atomic E-state index is 0.0923. The number of nitrogens with one attached hydrogen (secondary N) is 1. The molecule has 1 atom stereocenters. The molecule has 1 aromatic carbocycles. The summed E-state index contributed by atoms with van der Waals surface area (Å²) in [6.45, 7) is 7.69. The second-order valence-electron chi connectivity index (χ2n) is 4.69. The molecule has 0 bridgehead atoms. The molecule has 0 aliphatic carbocycles. The summed E-state index contributed by atoms with van der Waals surface area (Å²) in [4.78, 5) is 0. The highest BCUT2D eigenvalue weighted by Gasteiger charge is 2.17. The third-order valence-electron chi connectivity index (χ3n) is 3.47. The lowest BCUT2D eigenvalue weighted by molar-refractivity contribution is 0.140. The molecule has 0 saturated heterocycles. The Labute approximate surface area is 116 Å². The van der Waals surface area contributed by atoms with Gasteiger partial charge in [0.15, 0.2) is 0 Å². The van der Waals surface area contributed by atoms with Gasteiger partial charge in [0.25, 0.3) is 0 Å². The van der Waals surface area contributed by atoms with Crippen molar-refractivity contribution in [3.05, 3.63) is 28.8 Å². The van der Waals surface area contributed by atoms with Crippen molar-refractivity contribution in [2.75, 3.05) is 20.3 Å². The summed E-state index contributed by atoms with van der Waals surface area (Å²) in [6.07, 6.45) is 1.90. The Morgan fingerprint density at radius 1 is 1.32 bits per heavy atom. The Hall–Kier alpha value is -1.10. The van der Waals surface area contributed by atoms with Crippen LogP contribution in [0.5, 0.6) is 5.75 Å². The maximum atomic E-state index is 5.68. The van der Waals surface area contributed by atoms with E-state index in [1.807, 2.05) is 6.92 Å². The largest absolute Gasteiger partial charge is 0.496 e. The van der Waals surface area contributed by atoms with Gasteiger partial charge in [0.05, 0.1) is 7.11 Å². The van der Waals surface area contributed by atoms with Crippen LogP contribution in [0.2, 0.25) is 0 Å². The number of rotatable bonds is 8. The van der Waals surface area contributed by atoms with E-state index >= 15 is 0 Å². The van der Waals surface area contributed by atoms with Gasteiger partial charge in [0, 0.05) is 24.8 Å². The van der Waals surface area contributed by atoms with Gasteiger partial charge in [0.2, 0.25) is 0 Å². The van der Waals surface area contributed by atoms with Crippen molar-refractivity contribution in [1.29, 1.82) is 0 Å². The van der Waals surface area contributed by atoms with E-state index in [0.717, 1.165) is 37.4 Å². The van der Waals surface area contributed by atoms with Gasteiger partial charge in [-0.15, -0.1) is 0 Å². The Kier molecular flexibility index (Phi) is 6.84.